The van der Waals surface area contributed by atoms with E-state index in [1.807, 2.05) is 30.3 Å². The molecule has 26 heavy (non-hydrogen) atoms. The molecular formula is C17H12Cl2N2O4S. The summed E-state index contributed by atoms with van der Waals surface area (Å²) in [6, 6.07) is 13.7. The highest BCUT2D eigenvalue weighted by Crippen LogP contribution is 2.30. The lowest BCUT2D eigenvalue weighted by atomic mass is 10.3. The van der Waals surface area contributed by atoms with Crippen LogP contribution >= 0.6 is 34.5 Å². The Kier molecular flexibility index (Phi) is 5.82. The van der Waals surface area contributed by atoms with E-state index < -0.39 is 11.8 Å². The van der Waals surface area contributed by atoms with Crippen molar-refractivity contribution in [3.8, 4) is 5.75 Å². The third-order valence-corrected chi connectivity index (χ3v) is 4.69. The number of rotatable bonds is 5. The molecule has 134 valence electrons. The standard InChI is InChI=1S/C17H12Cl2N2O4S/c18-14-8-12(15(19)26-14)16(22)20-21-17(23)13-7-6-11(25-13)9-24-10-4-2-1-3-5-10/h1-8H,9H2,(H,20,22)(H,21,23). The van der Waals surface area contributed by atoms with Crippen LogP contribution in [0.3, 0.4) is 0 Å². The molecule has 9 heteroatoms. The number of thiophene rings is 1. The second-order valence-electron chi connectivity index (χ2n) is 5.01. The summed E-state index contributed by atoms with van der Waals surface area (Å²) in [5, 5.41) is 0. The van der Waals surface area contributed by atoms with Crippen molar-refractivity contribution in [3.05, 3.63) is 74.3 Å². The molecule has 6 nitrogen and oxygen atoms in total. The Balaban J connectivity index is 1.53. The topological polar surface area (TPSA) is 80.6 Å². The molecule has 0 aliphatic rings. The number of furan rings is 1. The van der Waals surface area contributed by atoms with Crippen molar-refractivity contribution in [3.63, 3.8) is 0 Å². The van der Waals surface area contributed by atoms with E-state index in [1.165, 1.54) is 12.1 Å². The number of hydrazine groups is 1. The van der Waals surface area contributed by atoms with Crippen molar-refractivity contribution in [1.29, 1.82) is 0 Å². The highest BCUT2D eigenvalue weighted by atomic mass is 35.5. The number of carbonyl (C=O) groups excluding carboxylic acids is 2. The molecule has 0 aliphatic carbocycles. The lowest BCUT2D eigenvalue weighted by Gasteiger charge is -2.05. The number of nitrogens with one attached hydrogen (secondary N) is 2. The van der Waals surface area contributed by atoms with Gasteiger partial charge in [0.25, 0.3) is 5.91 Å². The van der Waals surface area contributed by atoms with Gasteiger partial charge in [-0.25, -0.2) is 0 Å². The van der Waals surface area contributed by atoms with Crippen LogP contribution in [0.5, 0.6) is 5.75 Å². The van der Waals surface area contributed by atoms with Gasteiger partial charge in [0.2, 0.25) is 0 Å². The summed E-state index contributed by atoms with van der Waals surface area (Å²) in [6.07, 6.45) is 0. The summed E-state index contributed by atoms with van der Waals surface area (Å²) in [5.41, 5.74) is 4.68. The van der Waals surface area contributed by atoms with Crippen LogP contribution < -0.4 is 15.6 Å². The van der Waals surface area contributed by atoms with Gasteiger partial charge >= 0.3 is 5.91 Å². The van der Waals surface area contributed by atoms with E-state index in [9.17, 15) is 9.59 Å². The Bertz CT molecular complexity index is 924. The minimum atomic E-state index is -0.609. The average molecular weight is 411 g/mol. The van der Waals surface area contributed by atoms with Crippen molar-refractivity contribution in [1.82, 2.24) is 10.9 Å². The Morgan fingerprint density at radius 3 is 2.46 bits per heavy atom. The van der Waals surface area contributed by atoms with Gasteiger partial charge in [0.1, 0.15) is 22.5 Å². The lowest BCUT2D eigenvalue weighted by Crippen LogP contribution is -2.41. The smallest absolute Gasteiger partial charge is 0.305 e. The van der Waals surface area contributed by atoms with Crippen LogP contribution in [0, 0.1) is 0 Å². The van der Waals surface area contributed by atoms with Crippen LogP contribution in [0.25, 0.3) is 0 Å². The van der Waals surface area contributed by atoms with Crippen molar-refractivity contribution in [2.75, 3.05) is 0 Å². The van der Waals surface area contributed by atoms with Crippen LogP contribution in [-0.2, 0) is 6.61 Å². The normalized spacial score (nSPS) is 10.4. The minimum absolute atomic E-state index is 0.0337. The second kappa shape index (κ2) is 8.27. The van der Waals surface area contributed by atoms with E-state index in [4.69, 9.17) is 32.4 Å². The molecule has 0 saturated carbocycles. The van der Waals surface area contributed by atoms with E-state index in [1.54, 1.807) is 6.07 Å². The van der Waals surface area contributed by atoms with Gasteiger partial charge in [0.05, 0.1) is 9.90 Å². The highest BCUT2D eigenvalue weighted by Gasteiger charge is 2.17. The fraction of sp³-hybridized carbons (Fsp3) is 0.0588. The zero-order valence-corrected chi connectivity index (χ0v) is 15.5. The summed E-state index contributed by atoms with van der Waals surface area (Å²) >= 11 is 12.7. The fourth-order valence-corrected chi connectivity index (χ4v) is 3.44. The van der Waals surface area contributed by atoms with E-state index in [2.05, 4.69) is 10.9 Å². The highest BCUT2D eigenvalue weighted by molar-refractivity contribution is 7.20. The van der Waals surface area contributed by atoms with Crippen molar-refractivity contribution in [2.45, 2.75) is 6.61 Å². The largest absolute Gasteiger partial charge is 0.486 e. The zero-order chi connectivity index (χ0) is 18.5. The molecule has 0 spiro atoms. The molecule has 1 aromatic carbocycles. The predicted octanol–water partition coefficient (Wildman–Crippen LogP) is 4.30. The molecule has 0 atom stereocenters. The predicted molar refractivity (Wildman–Crippen MR) is 98.8 cm³/mol. The molecule has 0 aliphatic heterocycles. The first-order valence-electron chi connectivity index (χ1n) is 7.35. The molecule has 2 amide bonds. The van der Waals surface area contributed by atoms with Gasteiger partial charge < -0.3 is 9.15 Å². The molecule has 3 rings (SSSR count). The van der Waals surface area contributed by atoms with Crippen LogP contribution in [0.2, 0.25) is 8.67 Å². The number of amides is 2. The maximum absolute atomic E-state index is 12.0. The average Bonchev–Trinajstić information content (AvgIpc) is 3.24. The van der Waals surface area contributed by atoms with Gasteiger partial charge in [-0.3, -0.25) is 20.4 Å². The van der Waals surface area contributed by atoms with Gasteiger partial charge in [-0.2, -0.15) is 0 Å². The molecule has 0 fully saturated rings. The van der Waals surface area contributed by atoms with Gasteiger partial charge in [-0.1, -0.05) is 41.4 Å². The monoisotopic (exact) mass is 410 g/mol. The molecule has 0 bridgehead atoms. The molecule has 0 unspecified atom stereocenters. The van der Waals surface area contributed by atoms with Gasteiger partial charge in [-0.15, -0.1) is 11.3 Å². The third kappa shape index (κ3) is 4.57. The number of halogens is 2. The zero-order valence-electron chi connectivity index (χ0n) is 13.1. The quantitative estimate of drug-likeness (QED) is 0.614. The van der Waals surface area contributed by atoms with Gasteiger partial charge in [0, 0.05) is 0 Å². The van der Waals surface area contributed by atoms with E-state index in [0.717, 1.165) is 11.3 Å². The molecule has 0 saturated heterocycles. The maximum atomic E-state index is 12.0. The van der Waals surface area contributed by atoms with Crippen molar-refractivity contribution < 1.29 is 18.7 Å². The number of hydrogen-bond donors (Lipinski definition) is 2. The Morgan fingerprint density at radius 1 is 1.04 bits per heavy atom. The molecule has 2 aromatic heterocycles. The van der Waals surface area contributed by atoms with Crippen molar-refractivity contribution >= 4 is 46.4 Å². The van der Waals surface area contributed by atoms with Gasteiger partial charge in [-0.05, 0) is 30.3 Å². The van der Waals surface area contributed by atoms with Crippen LogP contribution in [0.15, 0.2) is 52.9 Å². The molecular weight excluding hydrogens is 399 g/mol. The number of ether oxygens (including phenoxy) is 1. The Hall–Kier alpha value is -2.48. The maximum Gasteiger partial charge on any atom is 0.305 e. The fourth-order valence-electron chi connectivity index (χ4n) is 1.99. The second-order valence-corrected chi connectivity index (χ2v) is 7.30. The Labute approximate surface area is 162 Å². The number of para-hydroxylation sites is 1. The number of hydrogen-bond acceptors (Lipinski definition) is 5. The van der Waals surface area contributed by atoms with E-state index in [-0.39, 0.29) is 22.3 Å². The summed E-state index contributed by atoms with van der Waals surface area (Å²) in [4.78, 5) is 24.0. The summed E-state index contributed by atoms with van der Waals surface area (Å²) < 4.78 is 11.5. The summed E-state index contributed by atoms with van der Waals surface area (Å²) in [6.45, 7) is 0.173. The Morgan fingerprint density at radius 2 is 1.77 bits per heavy atom. The molecule has 0 radical (unpaired) electrons. The van der Waals surface area contributed by atoms with Crippen LogP contribution in [0.4, 0.5) is 0 Å². The van der Waals surface area contributed by atoms with Crippen LogP contribution in [-0.4, -0.2) is 11.8 Å². The summed E-state index contributed by atoms with van der Waals surface area (Å²) in [5.74, 6) is 0.00492. The summed E-state index contributed by atoms with van der Waals surface area (Å²) in [7, 11) is 0. The minimum Gasteiger partial charge on any atom is -0.486 e. The first-order chi connectivity index (χ1) is 12.5. The van der Waals surface area contributed by atoms with Gasteiger partial charge in [0.15, 0.2) is 5.76 Å². The van der Waals surface area contributed by atoms with E-state index in [0.29, 0.717) is 15.8 Å². The number of carbonyl (C=O) groups is 2. The molecule has 3 aromatic rings. The third-order valence-electron chi connectivity index (χ3n) is 3.20. The first-order valence-corrected chi connectivity index (χ1v) is 8.92. The van der Waals surface area contributed by atoms with Crippen molar-refractivity contribution in [2.24, 2.45) is 0 Å². The molecule has 2 N–H and O–H groups in total. The number of benzene rings is 1. The van der Waals surface area contributed by atoms with E-state index >= 15 is 0 Å². The lowest BCUT2D eigenvalue weighted by molar-refractivity contribution is 0.0828. The van der Waals surface area contributed by atoms with Crippen LogP contribution in [0.1, 0.15) is 26.7 Å². The SMILES string of the molecule is O=C(NNC(=O)c1cc(Cl)sc1Cl)c1ccc(COc2ccccc2)o1. The molecule has 2 heterocycles. The first kappa shape index (κ1) is 18.3.